The first kappa shape index (κ1) is 20.8. The minimum Gasteiger partial charge on any atom is -0.309 e. The minimum absolute atomic E-state index is 0.888. The number of nitrogens with zero attached hydrogens (tertiary/aromatic N) is 1. The summed E-state index contributed by atoms with van der Waals surface area (Å²) in [4.78, 5) is 0. The van der Waals surface area contributed by atoms with Gasteiger partial charge in [0.1, 0.15) is 0 Å². The molecule has 0 amide bonds. The van der Waals surface area contributed by atoms with Gasteiger partial charge in [0.15, 0.2) is 7.14 Å². The standard InChI is InChI=1S/C34H22NOP/c36-37(26-12-2-1-3-13-26)33-17-9-7-15-28(33)30-21-32-29(22-34(30)37)27-14-6-8-16-31(27)35(32)25-19-18-23-10-4-5-11-24(23)20-25/h1-22H. The zero-order valence-corrected chi connectivity index (χ0v) is 20.9. The van der Waals surface area contributed by atoms with E-state index in [0.29, 0.717) is 0 Å². The normalized spacial score (nSPS) is 16.3. The summed E-state index contributed by atoms with van der Waals surface area (Å²) in [5, 5.41) is 7.50. The second-order valence-electron chi connectivity index (χ2n) is 9.73. The van der Waals surface area contributed by atoms with Gasteiger partial charge in [0.25, 0.3) is 0 Å². The van der Waals surface area contributed by atoms with Crippen LogP contribution in [0, 0.1) is 0 Å². The molecule has 7 aromatic rings. The Morgan fingerprint density at radius 2 is 1.22 bits per heavy atom. The van der Waals surface area contributed by atoms with E-state index in [9.17, 15) is 0 Å². The molecule has 37 heavy (non-hydrogen) atoms. The maximum Gasteiger partial charge on any atom is 0.172 e. The van der Waals surface area contributed by atoms with Crippen molar-refractivity contribution >= 4 is 55.6 Å². The molecule has 8 rings (SSSR count). The van der Waals surface area contributed by atoms with Crippen LogP contribution in [-0.2, 0) is 4.57 Å². The van der Waals surface area contributed by atoms with E-state index in [2.05, 4.69) is 89.5 Å². The smallest absolute Gasteiger partial charge is 0.172 e. The van der Waals surface area contributed by atoms with E-state index in [1.807, 2.05) is 48.5 Å². The zero-order chi connectivity index (χ0) is 24.6. The molecule has 1 aromatic heterocycles. The summed E-state index contributed by atoms with van der Waals surface area (Å²) in [7, 11) is -2.99. The molecule has 0 spiro atoms. The Morgan fingerprint density at radius 3 is 2.11 bits per heavy atom. The number of benzene rings is 6. The van der Waals surface area contributed by atoms with E-state index in [1.165, 1.54) is 16.2 Å². The maximum atomic E-state index is 15.1. The van der Waals surface area contributed by atoms with Crippen LogP contribution in [0.25, 0.3) is 49.4 Å². The third-order valence-electron chi connectivity index (χ3n) is 7.77. The highest BCUT2D eigenvalue weighted by atomic mass is 31.2. The van der Waals surface area contributed by atoms with Crippen molar-refractivity contribution in [2.75, 3.05) is 0 Å². The molecule has 2 nitrogen and oxygen atoms in total. The Morgan fingerprint density at radius 1 is 0.486 bits per heavy atom. The second-order valence-corrected chi connectivity index (χ2v) is 12.4. The van der Waals surface area contributed by atoms with Gasteiger partial charge in [-0.05, 0) is 52.2 Å². The number of fused-ring (bicyclic) bond motifs is 7. The van der Waals surface area contributed by atoms with Gasteiger partial charge in [-0.25, -0.2) is 0 Å². The largest absolute Gasteiger partial charge is 0.309 e. The molecule has 1 unspecified atom stereocenters. The monoisotopic (exact) mass is 491 g/mol. The molecule has 0 saturated heterocycles. The van der Waals surface area contributed by atoms with Crippen LogP contribution in [-0.4, -0.2) is 4.57 Å². The highest BCUT2D eigenvalue weighted by Gasteiger charge is 2.40. The predicted molar refractivity (Wildman–Crippen MR) is 157 cm³/mol. The van der Waals surface area contributed by atoms with Crippen molar-refractivity contribution in [3.63, 3.8) is 0 Å². The summed E-state index contributed by atoms with van der Waals surface area (Å²) in [5.74, 6) is 0. The van der Waals surface area contributed by atoms with Gasteiger partial charge in [-0.3, -0.25) is 0 Å². The highest BCUT2D eigenvalue weighted by molar-refractivity contribution is 7.86. The molecule has 2 heterocycles. The molecule has 174 valence electrons. The van der Waals surface area contributed by atoms with E-state index in [-0.39, 0.29) is 0 Å². The number of hydrogen-bond acceptors (Lipinski definition) is 1. The highest BCUT2D eigenvalue weighted by Crippen LogP contribution is 2.53. The van der Waals surface area contributed by atoms with Crippen molar-refractivity contribution in [2.45, 2.75) is 0 Å². The quantitative estimate of drug-likeness (QED) is 0.229. The summed E-state index contributed by atoms with van der Waals surface area (Å²) in [6, 6.07) is 46.3. The summed E-state index contributed by atoms with van der Waals surface area (Å²) < 4.78 is 17.4. The molecule has 0 aliphatic carbocycles. The summed E-state index contributed by atoms with van der Waals surface area (Å²) >= 11 is 0. The number of rotatable bonds is 2. The molecule has 1 aliphatic rings. The molecule has 1 atom stereocenters. The summed E-state index contributed by atoms with van der Waals surface area (Å²) in [5.41, 5.74) is 5.55. The molecule has 0 saturated carbocycles. The maximum absolute atomic E-state index is 15.1. The lowest BCUT2D eigenvalue weighted by Gasteiger charge is -2.16. The molecule has 0 N–H and O–H groups in total. The van der Waals surface area contributed by atoms with Crippen molar-refractivity contribution in [3.05, 3.63) is 133 Å². The molecule has 1 aliphatic heterocycles. The Bertz CT molecular complexity index is 2070. The van der Waals surface area contributed by atoms with Gasteiger partial charge in [-0.15, -0.1) is 0 Å². The van der Waals surface area contributed by atoms with E-state index in [0.717, 1.165) is 49.1 Å². The first-order valence-corrected chi connectivity index (χ1v) is 14.3. The fourth-order valence-electron chi connectivity index (χ4n) is 6.10. The molecule has 6 aromatic carbocycles. The molecule has 0 fully saturated rings. The SMILES string of the molecule is O=P1(c2ccccc2)c2ccccc2-c2cc3c(cc21)c1ccccc1n3-c1ccc2ccccc2c1. The van der Waals surface area contributed by atoms with Crippen LogP contribution < -0.4 is 15.9 Å². The molecular weight excluding hydrogens is 469 g/mol. The van der Waals surface area contributed by atoms with Crippen LogP contribution in [0.1, 0.15) is 0 Å². The third kappa shape index (κ3) is 2.79. The van der Waals surface area contributed by atoms with Gasteiger partial charge in [-0.2, -0.15) is 0 Å². The first-order valence-electron chi connectivity index (χ1n) is 12.6. The average molecular weight is 492 g/mol. The summed E-state index contributed by atoms with van der Waals surface area (Å²) in [6.07, 6.45) is 0. The van der Waals surface area contributed by atoms with Gasteiger partial charge >= 0.3 is 0 Å². The van der Waals surface area contributed by atoms with Crippen molar-refractivity contribution in [1.82, 2.24) is 4.57 Å². The van der Waals surface area contributed by atoms with Crippen LogP contribution in [0.3, 0.4) is 0 Å². The van der Waals surface area contributed by atoms with Crippen molar-refractivity contribution in [2.24, 2.45) is 0 Å². The number of para-hydroxylation sites is 1. The third-order valence-corrected chi connectivity index (χ3v) is 10.9. The van der Waals surface area contributed by atoms with Crippen molar-refractivity contribution in [3.8, 4) is 16.8 Å². The Labute approximate surface area is 214 Å². The fourth-order valence-corrected chi connectivity index (χ4v) is 9.17. The Hall–Kier alpha value is -4.39. The molecule has 0 bridgehead atoms. The Kier molecular flexibility index (Phi) is 4.24. The van der Waals surface area contributed by atoms with E-state index in [1.54, 1.807) is 0 Å². The second kappa shape index (κ2) is 7.56. The van der Waals surface area contributed by atoms with E-state index in [4.69, 9.17) is 0 Å². The fraction of sp³-hybridized carbons (Fsp3) is 0. The van der Waals surface area contributed by atoms with Crippen LogP contribution in [0.4, 0.5) is 0 Å². The lowest BCUT2D eigenvalue weighted by atomic mass is 10.0. The van der Waals surface area contributed by atoms with Gasteiger partial charge < -0.3 is 9.13 Å². The molecule has 3 heteroatoms. The molecule has 0 radical (unpaired) electrons. The predicted octanol–water partition coefficient (Wildman–Crippen LogP) is 7.56. The lowest BCUT2D eigenvalue weighted by molar-refractivity contribution is 0.593. The molecular formula is C34H22NOP. The lowest BCUT2D eigenvalue weighted by Crippen LogP contribution is -2.20. The van der Waals surface area contributed by atoms with Gasteiger partial charge in [-0.1, -0.05) is 103 Å². The van der Waals surface area contributed by atoms with Crippen LogP contribution in [0.2, 0.25) is 0 Å². The summed E-state index contributed by atoms with van der Waals surface area (Å²) in [6.45, 7) is 0. The van der Waals surface area contributed by atoms with Crippen LogP contribution in [0.15, 0.2) is 133 Å². The van der Waals surface area contributed by atoms with Gasteiger partial charge in [0.2, 0.25) is 0 Å². The van der Waals surface area contributed by atoms with Gasteiger partial charge in [0.05, 0.1) is 11.0 Å². The van der Waals surface area contributed by atoms with Crippen molar-refractivity contribution in [1.29, 1.82) is 0 Å². The van der Waals surface area contributed by atoms with Crippen LogP contribution in [0.5, 0.6) is 0 Å². The number of aromatic nitrogens is 1. The van der Waals surface area contributed by atoms with E-state index >= 15 is 4.57 Å². The van der Waals surface area contributed by atoms with Crippen molar-refractivity contribution < 1.29 is 4.57 Å². The topological polar surface area (TPSA) is 22.0 Å². The van der Waals surface area contributed by atoms with E-state index < -0.39 is 7.14 Å². The first-order chi connectivity index (χ1) is 18.2. The number of hydrogen-bond donors (Lipinski definition) is 0. The van der Waals surface area contributed by atoms with Gasteiger partial charge in [0, 0.05) is 32.4 Å². The zero-order valence-electron chi connectivity index (χ0n) is 20.0. The van der Waals surface area contributed by atoms with Crippen LogP contribution >= 0.6 is 7.14 Å². The minimum atomic E-state index is -2.99. The average Bonchev–Trinajstić information content (AvgIpc) is 3.42. The Balaban J connectivity index is 1.50.